The van der Waals surface area contributed by atoms with E-state index >= 15 is 0 Å². The van der Waals surface area contributed by atoms with Crippen LogP contribution in [-0.2, 0) is 9.59 Å². The second kappa shape index (κ2) is 3.74. The van der Waals surface area contributed by atoms with E-state index in [1.165, 1.54) is 0 Å². The highest BCUT2D eigenvalue weighted by molar-refractivity contribution is 5.86. The molecular weight excluding hydrogens is 172 g/mol. The third-order valence-electron chi connectivity index (χ3n) is 2.32. The predicted molar refractivity (Wildman–Crippen MR) is 46.2 cm³/mol. The van der Waals surface area contributed by atoms with Gasteiger partial charge in [-0.15, -0.1) is 0 Å². The highest BCUT2D eigenvalue weighted by atomic mass is 16.4. The van der Waals surface area contributed by atoms with Gasteiger partial charge in [0, 0.05) is 6.54 Å². The van der Waals surface area contributed by atoms with E-state index in [2.05, 4.69) is 10.6 Å². The molecule has 0 saturated carbocycles. The summed E-state index contributed by atoms with van der Waals surface area (Å²) in [6, 6.07) is 0. The molecule has 1 aliphatic rings. The molecule has 13 heavy (non-hydrogen) atoms. The Labute approximate surface area is 76.5 Å². The number of hydrogen-bond donors (Lipinski definition) is 3. The highest BCUT2D eigenvalue weighted by Crippen LogP contribution is 2.24. The molecule has 0 aliphatic carbocycles. The van der Waals surface area contributed by atoms with Gasteiger partial charge in [0.1, 0.15) is 6.54 Å². The van der Waals surface area contributed by atoms with Crippen molar-refractivity contribution in [1.82, 2.24) is 10.6 Å². The van der Waals surface area contributed by atoms with Gasteiger partial charge in [0.15, 0.2) is 0 Å². The Morgan fingerprint density at radius 2 is 2.31 bits per heavy atom. The number of carboxylic acid groups (broad SMARTS) is 1. The van der Waals surface area contributed by atoms with Crippen LogP contribution in [0.4, 0.5) is 0 Å². The van der Waals surface area contributed by atoms with Gasteiger partial charge in [0.25, 0.3) is 0 Å². The van der Waals surface area contributed by atoms with Crippen molar-refractivity contribution in [1.29, 1.82) is 0 Å². The Hall–Kier alpha value is -1.10. The molecule has 1 amide bonds. The van der Waals surface area contributed by atoms with Crippen molar-refractivity contribution in [2.24, 2.45) is 5.41 Å². The molecule has 5 heteroatoms. The average molecular weight is 186 g/mol. The van der Waals surface area contributed by atoms with Crippen LogP contribution in [0.5, 0.6) is 0 Å². The fourth-order valence-electron chi connectivity index (χ4n) is 1.38. The maximum absolute atomic E-state index is 11.5. The maximum Gasteiger partial charge on any atom is 0.322 e. The van der Waals surface area contributed by atoms with E-state index in [1.807, 2.05) is 6.92 Å². The van der Waals surface area contributed by atoms with Crippen LogP contribution in [0.3, 0.4) is 0 Å². The molecule has 1 heterocycles. The molecule has 5 nitrogen and oxygen atoms in total. The minimum Gasteiger partial charge on any atom is -0.480 e. The second-order valence-corrected chi connectivity index (χ2v) is 3.56. The number of carbonyl (C=O) groups excluding carboxylic acids is 1. The largest absolute Gasteiger partial charge is 0.480 e. The zero-order valence-electron chi connectivity index (χ0n) is 7.59. The van der Waals surface area contributed by atoms with Crippen LogP contribution in [0, 0.1) is 5.41 Å². The Morgan fingerprint density at radius 3 is 2.77 bits per heavy atom. The van der Waals surface area contributed by atoms with Crippen LogP contribution in [0.2, 0.25) is 0 Å². The van der Waals surface area contributed by atoms with Gasteiger partial charge in [-0.1, -0.05) is 0 Å². The fraction of sp³-hybridized carbons (Fsp3) is 0.750. The standard InChI is InChI=1S/C8H14N2O3/c1-8(2-3-9-5-8)7(13)10-4-6(11)12/h9H,2-5H2,1H3,(H,10,13)(H,11,12). The third kappa shape index (κ3) is 2.42. The van der Waals surface area contributed by atoms with Crippen molar-refractivity contribution < 1.29 is 14.7 Å². The fourth-order valence-corrected chi connectivity index (χ4v) is 1.38. The molecular formula is C8H14N2O3. The topological polar surface area (TPSA) is 78.4 Å². The Bertz CT molecular complexity index is 221. The Kier molecular flexibility index (Phi) is 2.87. The quantitative estimate of drug-likeness (QED) is 0.538. The third-order valence-corrected chi connectivity index (χ3v) is 2.32. The van der Waals surface area contributed by atoms with Crippen LogP contribution in [0.15, 0.2) is 0 Å². The molecule has 1 saturated heterocycles. The van der Waals surface area contributed by atoms with Crippen molar-refractivity contribution in [3.8, 4) is 0 Å². The van der Waals surface area contributed by atoms with Gasteiger partial charge in [0.05, 0.1) is 5.41 Å². The van der Waals surface area contributed by atoms with Crippen molar-refractivity contribution in [3.05, 3.63) is 0 Å². The minimum absolute atomic E-state index is 0.181. The lowest BCUT2D eigenvalue weighted by molar-refractivity contribution is -0.139. The van der Waals surface area contributed by atoms with E-state index in [9.17, 15) is 9.59 Å². The summed E-state index contributed by atoms with van der Waals surface area (Å²) >= 11 is 0. The summed E-state index contributed by atoms with van der Waals surface area (Å²) in [6.45, 7) is 2.98. The van der Waals surface area contributed by atoms with Crippen molar-refractivity contribution >= 4 is 11.9 Å². The van der Waals surface area contributed by atoms with Gasteiger partial charge in [-0.2, -0.15) is 0 Å². The summed E-state index contributed by atoms with van der Waals surface area (Å²) in [7, 11) is 0. The van der Waals surface area contributed by atoms with Crippen LogP contribution >= 0.6 is 0 Å². The molecule has 3 N–H and O–H groups in total. The van der Waals surface area contributed by atoms with Gasteiger partial charge in [-0.25, -0.2) is 0 Å². The first kappa shape index (κ1) is 9.98. The SMILES string of the molecule is CC1(C(=O)NCC(=O)O)CCNC1. The molecule has 0 bridgehead atoms. The van der Waals surface area contributed by atoms with Crippen LogP contribution in [0.1, 0.15) is 13.3 Å². The summed E-state index contributed by atoms with van der Waals surface area (Å²) in [4.78, 5) is 21.6. The molecule has 1 unspecified atom stereocenters. The number of nitrogens with one attached hydrogen (secondary N) is 2. The van der Waals surface area contributed by atoms with E-state index in [0.717, 1.165) is 13.0 Å². The number of hydrogen-bond acceptors (Lipinski definition) is 3. The summed E-state index contributed by atoms with van der Waals surface area (Å²) in [5.41, 5.74) is -0.435. The smallest absolute Gasteiger partial charge is 0.322 e. The van der Waals surface area contributed by atoms with E-state index in [0.29, 0.717) is 6.54 Å². The summed E-state index contributed by atoms with van der Waals surface area (Å²) < 4.78 is 0. The lowest BCUT2D eigenvalue weighted by Gasteiger charge is -2.20. The van der Waals surface area contributed by atoms with E-state index in [-0.39, 0.29) is 12.5 Å². The summed E-state index contributed by atoms with van der Waals surface area (Å²) in [5.74, 6) is -1.19. The van der Waals surface area contributed by atoms with Crippen molar-refractivity contribution in [3.63, 3.8) is 0 Å². The Balaban J connectivity index is 2.42. The van der Waals surface area contributed by atoms with E-state index in [1.54, 1.807) is 0 Å². The molecule has 1 rings (SSSR count). The highest BCUT2D eigenvalue weighted by Gasteiger charge is 2.36. The van der Waals surface area contributed by atoms with Gasteiger partial charge >= 0.3 is 5.97 Å². The Morgan fingerprint density at radius 1 is 1.62 bits per heavy atom. The molecule has 1 aliphatic heterocycles. The second-order valence-electron chi connectivity index (χ2n) is 3.56. The van der Waals surface area contributed by atoms with Gasteiger partial charge in [0.2, 0.25) is 5.91 Å². The zero-order chi connectivity index (χ0) is 9.90. The number of aliphatic carboxylic acids is 1. The molecule has 0 aromatic carbocycles. The van der Waals surface area contributed by atoms with E-state index < -0.39 is 11.4 Å². The normalized spacial score (nSPS) is 27.2. The lowest BCUT2D eigenvalue weighted by Crippen LogP contribution is -2.42. The number of carbonyl (C=O) groups is 2. The number of carboxylic acids is 1. The van der Waals surface area contributed by atoms with Crippen molar-refractivity contribution in [2.45, 2.75) is 13.3 Å². The molecule has 0 radical (unpaired) electrons. The lowest BCUT2D eigenvalue weighted by atomic mass is 9.89. The van der Waals surface area contributed by atoms with Gasteiger partial charge in [-0.3, -0.25) is 9.59 Å². The number of amides is 1. The van der Waals surface area contributed by atoms with Crippen LogP contribution < -0.4 is 10.6 Å². The van der Waals surface area contributed by atoms with E-state index in [4.69, 9.17) is 5.11 Å². The molecule has 74 valence electrons. The zero-order valence-corrected chi connectivity index (χ0v) is 7.59. The van der Waals surface area contributed by atoms with Crippen molar-refractivity contribution in [2.75, 3.05) is 19.6 Å². The summed E-state index contributed by atoms with van der Waals surface area (Å²) in [5, 5.41) is 13.8. The number of rotatable bonds is 3. The molecule has 0 spiro atoms. The predicted octanol–water partition coefficient (Wildman–Crippen LogP) is -0.813. The maximum atomic E-state index is 11.5. The van der Waals surface area contributed by atoms with Gasteiger partial charge < -0.3 is 15.7 Å². The van der Waals surface area contributed by atoms with Crippen LogP contribution in [0.25, 0.3) is 0 Å². The molecule has 0 aromatic heterocycles. The van der Waals surface area contributed by atoms with Gasteiger partial charge in [-0.05, 0) is 19.9 Å². The first-order valence-electron chi connectivity index (χ1n) is 4.25. The molecule has 0 aromatic rings. The summed E-state index contributed by atoms with van der Waals surface area (Å²) in [6.07, 6.45) is 0.762. The first-order valence-corrected chi connectivity index (χ1v) is 4.25. The molecule has 1 fully saturated rings. The first-order chi connectivity index (χ1) is 6.04. The molecule has 1 atom stereocenters. The minimum atomic E-state index is -1.01. The van der Waals surface area contributed by atoms with Crippen LogP contribution in [-0.4, -0.2) is 36.6 Å². The monoisotopic (exact) mass is 186 g/mol. The average Bonchev–Trinajstić information content (AvgIpc) is 2.49.